The topological polar surface area (TPSA) is 124 Å². The number of fused-ring (bicyclic) bond motifs is 1. The molecule has 0 atom stereocenters. The number of anilines is 2. The summed E-state index contributed by atoms with van der Waals surface area (Å²) in [7, 11) is 1.52. The van der Waals surface area contributed by atoms with Gasteiger partial charge in [-0.1, -0.05) is 12.1 Å². The van der Waals surface area contributed by atoms with E-state index in [9.17, 15) is 14.4 Å². The minimum atomic E-state index is -0.645. The molecule has 2 aromatic carbocycles. The highest BCUT2D eigenvalue weighted by molar-refractivity contribution is 6.05. The number of nitrogens with one attached hydrogen (secondary N) is 2. The number of hydrogen-bond acceptors (Lipinski definition) is 7. The van der Waals surface area contributed by atoms with E-state index < -0.39 is 18.5 Å². The number of pyridine rings is 1. The van der Waals surface area contributed by atoms with Gasteiger partial charge in [0, 0.05) is 17.4 Å². The van der Waals surface area contributed by atoms with Crippen molar-refractivity contribution in [3.05, 3.63) is 83.8 Å². The van der Waals surface area contributed by atoms with Crippen LogP contribution < -0.4 is 15.4 Å². The molecule has 10 nitrogen and oxygen atoms in total. The fourth-order valence-corrected chi connectivity index (χ4v) is 3.18. The summed E-state index contributed by atoms with van der Waals surface area (Å²) in [5.41, 5.74) is 2.28. The summed E-state index contributed by atoms with van der Waals surface area (Å²) in [5.74, 6) is -0.306. The molecule has 10 heteroatoms. The van der Waals surface area contributed by atoms with Gasteiger partial charge in [0.2, 0.25) is 0 Å². The molecule has 4 aromatic rings. The summed E-state index contributed by atoms with van der Waals surface area (Å²) >= 11 is 0. The van der Waals surface area contributed by atoms with Crippen LogP contribution in [-0.2, 0) is 9.53 Å². The minimum absolute atomic E-state index is 0.272. The van der Waals surface area contributed by atoms with Crippen molar-refractivity contribution < 1.29 is 23.9 Å². The first-order chi connectivity index (χ1) is 16.4. The van der Waals surface area contributed by atoms with Crippen molar-refractivity contribution in [1.29, 1.82) is 0 Å². The average molecular weight is 459 g/mol. The Morgan fingerprint density at radius 3 is 2.41 bits per heavy atom. The van der Waals surface area contributed by atoms with Gasteiger partial charge in [0.1, 0.15) is 11.6 Å². The number of benzene rings is 2. The highest BCUT2D eigenvalue weighted by atomic mass is 16.5. The van der Waals surface area contributed by atoms with Gasteiger partial charge in [0.15, 0.2) is 12.3 Å². The smallest absolute Gasteiger partial charge is 0.340 e. The SMILES string of the molecule is COc1ccccc1NC(=O)c1ccc(NC(=O)COC(=O)c2ccc3nnc(C)n3c2)cc1. The lowest BCUT2D eigenvalue weighted by Crippen LogP contribution is -2.21. The monoisotopic (exact) mass is 459 g/mol. The van der Waals surface area contributed by atoms with Gasteiger partial charge in [-0.25, -0.2) is 4.79 Å². The van der Waals surface area contributed by atoms with Gasteiger partial charge in [0.05, 0.1) is 18.4 Å². The summed E-state index contributed by atoms with van der Waals surface area (Å²) < 4.78 is 12.0. The van der Waals surface area contributed by atoms with Crippen LogP contribution in [0.2, 0.25) is 0 Å². The van der Waals surface area contributed by atoms with E-state index in [4.69, 9.17) is 9.47 Å². The predicted octanol–water partition coefficient (Wildman–Crippen LogP) is 3.09. The van der Waals surface area contributed by atoms with E-state index in [1.54, 1.807) is 78.2 Å². The second-order valence-corrected chi connectivity index (χ2v) is 7.25. The summed E-state index contributed by atoms with van der Waals surface area (Å²) in [6.45, 7) is 1.30. The fraction of sp³-hybridized carbons (Fsp3) is 0.125. The zero-order valence-electron chi connectivity index (χ0n) is 18.4. The van der Waals surface area contributed by atoms with Crippen molar-refractivity contribution in [3.63, 3.8) is 0 Å². The maximum Gasteiger partial charge on any atom is 0.340 e. The maximum absolute atomic E-state index is 12.5. The first kappa shape index (κ1) is 22.5. The van der Waals surface area contributed by atoms with E-state index in [-0.39, 0.29) is 11.5 Å². The molecule has 2 heterocycles. The van der Waals surface area contributed by atoms with Crippen LogP contribution in [0, 0.1) is 6.92 Å². The van der Waals surface area contributed by atoms with E-state index >= 15 is 0 Å². The summed E-state index contributed by atoms with van der Waals surface area (Å²) in [5, 5.41) is 13.3. The number of methoxy groups -OCH3 is 1. The molecule has 0 spiro atoms. The number of amides is 2. The van der Waals surface area contributed by atoms with Crippen LogP contribution in [0.3, 0.4) is 0 Å². The van der Waals surface area contributed by atoms with E-state index in [1.807, 2.05) is 0 Å². The van der Waals surface area contributed by atoms with Gasteiger partial charge in [-0.3, -0.25) is 14.0 Å². The molecule has 0 aliphatic heterocycles. The third kappa shape index (κ3) is 5.01. The lowest BCUT2D eigenvalue weighted by Gasteiger charge is -2.10. The molecule has 2 amide bonds. The Morgan fingerprint density at radius 1 is 0.912 bits per heavy atom. The molecule has 0 unspecified atom stereocenters. The normalized spacial score (nSPS) is 10.5. The second kappa shape index (κ2) is 9.82. The van der Waals surface area contributed by atoms with E-state index in [0.29, 0.717) is 34.2 Å². The Kier molecular flexibility index (Phi) is 6.49. The van der Waals surface area contributed by atoms with Crippen LogP contribution in [0.1, 0.15) is 26.5 Å². The number of hydrogen-bond donors (Lipinski definition) is 2. The van der Waals surface area contributed by atoms with E-state index in [2.05, 4.69) is 20.8 Å². The molecule has 34 heavy (non-hydrogen) atoms. The van der Waals surface area contributed by atoms with Gasteiger partial charge in [-0.2, -0.15) is 0 Å². The molecule has 2 N–H and O–H groups in total. The quantitative estimate of drug-likeness (QED) is 0.407. The number of para-hydroxylation sites is 2. The molecule has 0 saturated carbocycles. The van der Waals surface area contributed by atoms with Crippen molar-refractivity contribution in [2.24, 2.45) is 0 Å². The van der Waals surface area contributed by atoms with Crippen LogP contribution in [0.4, 0.5) is 11.4 Å². The van der Waals surface area contributed by atoms with Crippen molar-refractivity contribution in [1.82, 2.24) is 14.6 Å². The lowest BCUT2D eigenvalue weighted by atomic mass is 10.2. The predicted molar refractivity (Wildman–Crippen MR) is 124 cm³/mol. The fourth-order valence-electron chi connectivity index (χ4n) is 3.18. The van der Waals surface area contributed by atoms with Gasteiger partial charge < -0.3 is 20.1 Å². The molecular weight excluding hydrogens is 438 g/mol. The zero-order valence-corrected chi connectivity index (χ0v) is 18.4. The zero-order chi connectivity index (χ0) is 24.1. The van der Waals surface area contributed by atoms with Crippen LogP contribution >= 0.6 is 0 Å². The van der Waals surface area contributed by atoms with Crippen LogP contribution in [0.15, 0.2) is 66.9 Å². The van der Waals surface area contributed by atoms with Crippen LogP contribution in [0.25, 0.3) is 5.65 Å². The van der Waals surface area contributed by atoms with E-state index in [1.165, 1.54) is 7.11 Å². The van der Waals surface area contributed by atoms with Crippen molar-refractivity contribution in [2.75, 3.05) is 24.4 Å². The van der Waals surface area contributed by atoms with Crippen molar-refractivity contribution in [3.8, 4) is 5.75 Å². The molecule has 172 valence electrons. The third-order valence-electron chi connectivity index (χ3n) is 4.93. The molecular formula is C24H21N5O5. The summed E-state index contributed by atoms with van der Waals surface area (Å²) in [4.78, 5) is 37.0. The number of aryl methyl sites for hydroxylation is 1. The Balaban J connectivity index is 1.31. The van der Waals surface area contributed by atoms with E-state index in [0.717, 1.165) is 0 Å². The maximum atomic E-state index is 12.5. The van der Waals surface area contributed by atoms with Gasteiger partial charge in [-0.05, 0) is 55.5 Å². The molecule has 0 fully saturated rings. The van der Waals surface area contributed by atoms with Gasteiger partial charge in [-0.15, -0.1) is 10.2 Å². The average Bonchev–Trinajstić information content (AvgIpc) is 3.23. The summed E-state index contributed by atoms with van der Waals surface area (Å²) in [6, 6.07) is 16.6. The number of rotatable bonds is 7. The molecule has 4 rings (SSSR count). The third-order valence-corrected chi connectivity index (χ3v) is 4.93. The Bertz CT molecular complexity index is 1360. The number of carbonyl (C=O) groups excluding carboxylic acids is 3. The molecule has 0 aliphatic rings. The lowest BCUT2D eigenvalue weighted by molar-refractivity contribution is -0.119. The number of esters is 1. The Labute approximate surface area is 194 Å². The van der Waals surface area contributed by atoms with Gasteiger partial charge in [0.25, 0.3) is 11.8 Å². The standard InChI is InChI=1S/C24H21N5O5/c1-15-27-28-21-12-9-17(13-29(15)21)24(32)34-14-22(30)25-18-10-7-16(8-11-18)23(31)26-19-5-3-4-6-20(19)33-2/h3-13H,14H2,1-2H3,(H,25,30)(H,26,31). The van der Waals surface area contributed by atoms with Crippen molar-refractivity contribution >= 4 is 34.8 Å². The molecule has 0 bridgehead atoms. The molecule has 2 aromatic heterocycles. The number of carbonyl (C=O) groups is 3. The number of aromatic nitrogens is 3. The number of nitrogens with zero attached hydrogens (tertiary/aromatic N) is 3. The minimum Gasteiger partial charge on any atom is -0.495 e. The van der Waals surface area contributed by atoms with Crippen LogP contribution in [-0.4, -0.2) is 46.1 Å². The molecule has 0 saturated heterocycles. The number of ether oxygens (including phenoxy) is 2. The first-order valence-corrected chi connectivity index (χ1v) is 10.3. The summed E-state index contributed by atoms with van der Waals surface area (Å²) in [6.07, 6.45) is 1.56. The molecule has 0 aliphatic carbocycles. The van der Waals surface area contributed by atoms with Crippen molar-refractivity contribution in [2.45, 2.75) is 6.92 Å². The highest BCUT2D eigenvalue weighted by Crippen LogP contribution is 2.24. The Hall–Kier alpha value is -4.73. The Morgan fingerprint density at radius 2 is 1.65 bits per heavy atom. The largest absolute Gasteiger partial charge is 0.495 e. The van der Waals surface area contributed by atoms with Gasteiger partial charge >= 0.3 is 5.97 Å². The van der Waals surface area contributed by atoms with Crippen LogP contribution in [0.5, 0.6) is 5.75 Å². The first-order valence-electron chi connectivity index (χ1n) is 10.3. The second-order valence-electron chi connectivity index (χ2n) is 7.25. The highest BCUT2D eigenvalue weighted by Gasteiger charge is 2.13. The molecule has 0 radical (unpaired) electrons.